The molecule has 0 aliphatic heterocycles. The SMILES string of the molecule is Cc1ccc(-c2nnn(CC(=O)NCc3ccc(OC(F)F)cc3)n2)cc1. The number of hydrogen-bond donors (Lipinski definition) is 1. The van der Waals surface area contributed by atoms with E-state index in [-0.39, 0.29) is 24.7 Å². The molecule has 27 heavy (non-hydrogen) atoms. The lowest BCUT2D eigenvalue weighted by Crippen LogP contribution is -2.28. The van der Waals surface area contributed by atoms with E-state index in [0.29, 0.717) is 5.82 Å². The van der Waals surface area contributed by atoms with Gasteiger partial charge in [-0.2, -0.15) is 13.6 Å². The number of nitrogens with one attached hydrogen (secondary N) is 1. The molecule has 0 atom stereocenters. The molecule has 0 saturated heterocycles. The lowest BCUT2D eigenvalue weighted by Gasteiger charge is -2.07. The Hall–Kier alpha value is -3.36. The normalized spacial score (nSPS) is 10.8. The highest BCUT2D eigenvalue weighted by Crippen LogP contribution is 2.15. The van der Waals surface area contributed by atoms with Crippen molar-refractivity contribution < 1.29 is 18.3 Å². The molecule has 140 valence electrons. The van der Waals surface area contributed by atoms with Gasteiger partial charge in [0.2, 0.25) is 11.7 Å². The molecule has 1 aromatic heterocycles. The molecule has 7 nitrogen and oxygen atoms in total. The summed E-state index contributed by atoms with van der Waals surface area (Å²) in [5, 5.41) is 14.7. The number of carbonyl (C=O) groups excluding carboxylic acids is 1. The van der Waals surface area contributed by atoms with E-state index in [0.717, 1.165) is 16.7 Å². The molecule has 3 rings (SSSR count). The second-order valence-corrected chi connectivity index (χ2v) is 5.81. The average molecular weight is 373 g/mol. The summed E-state index contributed by atoms with van der Waals surface area (Å²) in [5.74, 6) is 0.212. The molecule has 0 saturated carbocycles. The number of carbonyl (C=O) groups is 1. The van der Waals surface area contributed by atoms with E-state index in [9.17, 15) is 13.6 Å². The zero-order valence-electron chi connectivity index (χ0n) is 14.5. The summed E-state index contributed by atoms with van der Waals surface area (Å²) < 4.78 is 28.5. The molecule has 0 bridgehead atoms. The topological polar surface area (TPSA) is 81.9 Å². The first-order valence-corrected chi connectivity index (χ1v) is 8.15. The molecule has 0 fully saturated rings. The average Bonchev–Trinajstić information content (AvgIpc) is 3.09. The number of tetrazole rings is 1. The minimum absolute atomic E-state index is 0.0653. The van der Waals surface area contributed by atoms with Crippen molar-refractivity contribution in [3.63, 3.8) is 0 Å². The number of rotatable bonds is 7. The fraction of sp³-hybridized carbons (Fsp3) is 0.222. The maximum Gasteiger partial charge on any atom is 0.387 e. The third kappa shape index (κ3) is 5.30. The van der Waals surface area contributed by atoms with Crippen LogP contribution in [0, 0.1) is 6.92 Å². The zero-order chi connectivity index (χ0) is 19.2. The highest BCUT2D eigenvalue weighted by atomic mass is 19.3. The monoisotopic (exact) mass is 373 g/mol. The van der Waals surface area contributed by atoms with Gasteiger partial charge in [-0.15, -0.1) is 10.2 Å². The number of amides is 1. The van der Waals surface area contributed by atoms with Gasteiger partial charge in [-0.1, -0.05) is 42.0 Å². The van der Waals surface area contributed by atoms with E-state index < -0.39 is 6.61 Å². The third-order valence-electron chi connectivity index (χ3n) is 3.69. The molecule has 1 N–H and O–H groups in total. The largest absolute Gasteiger partial charge is 0.435 e. The van der Waals surface area contributed by atoms with Crippen LogP contribution in [0.5, 0.6) is 5.75 Å². The van der Waals surface area contributed by atoms with Gasteiger partial charge in [0.1, 0.15) is 12.3 Å². The van der Waals surface area contributed by atoms with E-state index in [1.807, 2.05) is 31.2 Å². The quantitative estimate of drug-likeness (QED) is 0.688. The van der Waals surface area contributed by atoms with Gasteiger partial charge in [0.15, 0.2) is 0 Å². The number of halogens is 2. The van der Waals surface area contributed by atoms with Gasteiger partial charge in [-0.3, -0.25) is 4.79 Å². The summed E-state index contributed by atoms with van der Waals surface area (Å²) in [6.07, 6.45) is 0. The first-order valence-electron chi connectivity index (χ1n) is 8.15. The van der Waals surface area contributed by atoms with E-state index in [4.69, 9.17) is 0 Å². The maximum atomic E-state index is 12.1. The highest BCUT2D eigenvalue weighted by molar-refractivity contribution is 5.75. The minimum atomic E-state index is -2.87. The van der Waals surface area contributed by atoms with Crippen LogP contribution in [-0.4, -0.2) is 32.7 Å². The molecule has 0 unspecified atom stereocenters. The van der Waals surface area contributed by atoms with E-state index >= 15 is 0 Å². The molecular formula is C18H17F2N5O2. The number of benzene rings is 2. The van der Waals surface area contributed by atoms with E-state index in [2.05, 4.69) is 25.5 Å². The van der Waals surface area contributed by atoms with Gasteiger partial charge >= 0.3 is 6.61 Å². The lowest BCUT2D eigenvalue weighted by atomic mass is 10.1. The summed E-state index contributed by atoms with van der Waals surface area (Å²) in [7, 11) is 0. The standard InChI is InChI=1S/C18H17F2N5O2/c1-12-2-6-14(7-3-12)17-22-24-25(23-17)11-16(26)21-10-13-4-8-15(9-5-13)27-18(19)20/h2-9,18H,10-11H2,1H3,(H,21,26). The second-order valence-electron chi connectivity index (χ2n) is 5.81. The predicted octanol–water partition coefficient (Wildman–Crippen LogP) is 2.57. The molecule has 1 amide bonds. The van der Waals surface area contributed by atoms with Crippen LogP contribution < -0.4 is 10.1 Å². The summed E-state index contributed by atoms with van der Waals surface area (Å²) in [6.45, 7) is -0.716. The Labute approximate surface area is 154 Å². The van der Waals surface area contributed by atoms with Crippen LogP contribution >= 0.6 is 0 Å². The number of aromatic nitrogens is 4. The Morgan fingerprint density at radius 2 is 1.85 bits per heavy atom. The first-order chi connectivity index (χ1) is 13.0. The smallest absolute Gasteiger partial charge is 0.387 e. The van der Waals surface area contributed by atoms with Crippen molar-refractivity contribution in [1.82, 2.24) is 25.5 Å². The minimum Gasteiger partial charge on any atom is -0.435 e. The van der Waals surface area contributed by atoms with Crippen LogP contribution in [0.4, 0.5) is 8.78 Å². The van der Waals surface area contributed by atoms with Crippen molar-refractivity contribution in [2.45, 2.75) is 26.6 Å². The molecule has 0 spiro atoms. The van der Waals surface area contributed by atoms with E-state index in [1.165, 1.54) is 16.9 Å². The van der Waals surface area contributed by atoms with Crippen molar-refractivity contribution in [1.29, 1.82) is 0 Å². The van der Waals surface area contributed by atoms with Crippen LogP contribution in [0.1, 0.15) is 11.1 Å². The van der Waals surface area contributed by atoms with Crippen molar-refractivity contribution in [2.24, 2.45) is 0 Å². The molecule has 2 aromatic carbocycles. The maximum absolute atomic E-state index is 12.1. The van der Waals surface area contributed by atoms with Crippen LogP contribution in [0.25, 0.3) is 11.4 Å². The lowest BCUT2D eigenvalue weighted by molar-refractivity contribution is -0.122. The fourth-order valence-electron chi connectivity index (χ4n) is 2.30. The zero-order valence-corrected chi connectivity index (χ0v) is 14.5. The van der Waals surface area contributed by atoms with Crippen molar-refractivity contribution in [3.8, 4) is 17.1 Å². The molecule has 3 aromatic rings. The molecule has 9 heteroatoms. The second kappa shape index (κ2) is 8.35. The van der Waals surface area contributed by atoms with Crippen LogP contribution in [0.2, 0.25) is 0 Å². The van der Waals surface area contributed by atoms with Gasteiger partial charge < -0.3 is 10.1 Å². The van der Waals surface area contributed by atoms with Gasteiger partial charge in [-0.05, 0) is 29.8 Å². The van der Waals surface area contributed by atoms with Gasteiger partial charge in [0, 0.05) is 12.1 Å². The van der Waals surface area contributed by atoms with Gasteiger partial charge in [0.25, 0.3) is 0 Å². The summed E-state index contributed by atoms with van der Waals surface area (Å²) in [4.78, 5) is 13.2. The number of nitrogens with zero attached hydrogens (tertiary/aromatic N) is 4. The molecular weight excluding hydrogens is 356 g/mol. The number of alkyl halides is 2. The summed E-state index contributed by atoms with van der Waals surface area (Å²) >= 11 is 0. The Morgan fingerprint density at radius 1 is 1.15 bits per heavy atom. The first kappa shape index (κ1) is 18.4. The van der Waals surface area contributed by atoms with E-state index in [1.54, 1.807) is 12.1 Å². The van der Waals surface area contributed by atoms with Crippen LogP contribution in [0.15, 0.2) is 48.5 Å². The third-order valence-corrected chi connectivity index (χ3v) is 3.69. The van der Waals surface area contributed by atoms with Gasteiger partial charge in [-0.25, -0.2) is 0 Å². The summed E-state index contributed by atoms with van der Waals surface area (Å²) in [6, 6.07) is 13.7. The fourth-order valence-corrected chi connectivity index (χ4v) is 2.30. The Kier molecular flexibility index (Phi) is 5.70. The predicted molar refractivity (Wildman–Crippen MR) is 92.9 cm³/mol. The van der Waals surface area contributed by atoms with Crippen molar-refractivity contribution >= 4 is 5.91 Å². The molecule has 0 radical (unpaired) electrons. The van der Waals surface area contributed by atoms with Gasteiger partial charge in [0.05, 0.1) is 0 Å². The number of ether oxygens (including phenoxy) is 1. The van der Waals surface area contributed by atoms with Crippen molar-refractivity contribution in [3.05, 3.63) is 59.7 Å². The molecule has 1 heterocycles. The summed E-state index contributed by atoms with van der Waals surface area (Å²) in [5.41, 5.74) is 2.69. The Bertz CT molecular complexity index is 895. The number of aryl methyl sites for hydroxylation is 1. The highest BCUT2D eigenvalue weighted by Gasteiger charge is 2.09. The number of hydrogen-bond acceptors (Lipinski definition) is 5. The Morgan fingerprint density at radius 3 is 2.52 bits per heavy atom. The molecule has 0 aliphatic rings. The molecule has 0 aliphatic carbocycles. The van der Waals surface area contributed by atoms with Crippen LogP contribution in [0.3, 0.4) is 0 Å². The Balaban J connectivity index is 1.51. The van der Waals surface area contributed by atoms with Crippen LogP contribution in [-0.2, 0) is 17.9 Å². The van der Waals surface area contributed by atoms with Crippen molar-refractivity contribution in [2.75, 3.05) is 0 Å².